The molecule has 1 amide bonds. The van der Waals surface area contributed by atoms with Crippen LogP contribution in [0, 0.1) is 6.92 Å². The molecular weight excluding hydrogens is 354 g/mol. The van der Waals surface area contributed by atoms with Crippen molar-refractivity contribution in [3.05, 3.63) is 35.6 Å². The molecule has 0 bridgehead atoms. The van der Waals surface area contributed by atoms with Gasteiger partial charge in [0, 0.05) is 50.2 Å². The normalized spacial score (nSPS) is 18.5. The van der Waals surface area contributed by atoms with Gasteiger partial charge in [-0.05, 0) is 25.8 Å². The highest BCUT2D eigenvalue weighted by molar-refractivity contribution is 5.83. The van der Waals surface area contributed by atoms with E-state index in [2.05, 4.69) is 38.4 Å². The van der Waals surface area contributed by atoms with Gasteiger partial charge in [-0.25, -0.2) is 0 Å². The largest absolute Gasteiger partial charge is 0.459 e. The van der Waals surface area contributed by atoms with E-state index in [1.54, 1.807) is 0 Å². The highest BCUT2D eigenvalue weighted by Gasteiger charge is 2.26. The van der Waals surface area contributed by atoms with Gasteiger partial charge >= 0.3 is 0 Å². The van der Waals surface area contributed by atoms with Gasteiger partial charge in [0.1, 0.15) is 11.3 Å². The number of piperazine rings is 1. The molecule has 1 saturated heterocycles. The number of carbonyl (C=O) groups excluding carboxylic acids is 1. The van der Waals surface area contributed by atoms with E-state index in [0.717, 1.165) is 61.7 Å². The summed E-state index contributed by atoms with van der Waals surface area (Å²) < 4.78 is 5.99. The first-order valence-corrected chi connectivity index (χ1v) is 10.1. The smallest absolute Gasteiger partial charge is 0.234 e. The van der Waals surface area contributed by atoms with Crippen LogP contribution in [0.15, 0.2) is 33.7 Å². The molecule has 7 nitrogen and oxygen atoms in total. The van der Waals surface area contributed by atoms with Gasteiger partial charge in [-0.1, -0.05) is 18.2 Å². The molecule has 2 aliphatic rings. The highest BCUT2D eigenvalue weighted by atomic mass is 16.3. The molecule has 2 fully saturated rings. The first-order valence-electron chi connectivity index (χ1n) is 10.1. The molecule has 28 heavy (non-hydrogen) atoms. The second-order valence-corrected chi connectivity index (χ2v) is 7.65. The zero-order valence-electron chi connectivity index (χ0n) is 16.7. The minimum absolute atomic E-state index is 0.152. The van der Waals surface area contributed by atoms with Crippen LogP contribution in [0.3, 0.4) is 0 Å². The molecule has 0 radical (unpaired) electrons. The number of hydrogen-bond donors (Lipinski definition) is 2. The lowest BCUT2D eigenvalue weighted by Gasteiger charge is -2.36. The summed E-state index contributed by atoms with van der Waals surface area (Å²) in [6.07, 6.45) is 2.26. The van der Waals surface area contributed by atoms with Gasteiger partial charge in [0.15, 0.2) is 5.96 Å². The molecule has 1 aromatic carbocycles. The fourth-order valence-corrected chi connectivity index (χ4v) is 3.71. The molecular formula is C21H29N5O2. The van der Waals surface area contributed by atoms with Crippen LogP contribution in [-0.2, 0) is 11.3 Å². The lowest BCUT2D eigenvalue weighted by Crippen LogP contribution is -2.54. The first-order chi connectivity index (χ1) is 13.6. The molecule has 0 unspecified atom stereocenters. The molecule has 0 spiro atoms. The fourth-order valence-electron chi connectivity index (χ4n) is 3.71. The van der Waals surface area contributed by atoms with E-state index in [1.807, 2.05) is 25.2 Å². The minimum atomic E-state index is 0.152. The van der Waals surface area contributed by atoms with Crippen LogP contribution >= 0.6 is 0 Å². The molecule has 2 heterocycles. The number of nitrogens with zero attached hydrogens (tertiary/aromatic N) is 3. The second kappa shape index (κ2) is 8.22. The first kappa shape index (κ1) is 18.8. The van der Waals surface area contributed by atoms with Crippen molar-refractivity contribution in [1.29, 1.82) is 0 Å². The second-order valence-electron chi connectivity index (χ2n) is 7.65. The summed E-state index contributed by atoms with van der Waals surface area (Å²) in [6, 6.07) is 8.54. The van der Waals surface area contributed by atoms with E-state index in [-0.39, 0.29) is 5.91 Å². The van der Waals surface area contributed by atoms with Crippen molar-refractivity contribution in [3.8, 4) is 0 Å². The summed E-state index contributed by atoms with van der Waals surface area (Å²) in [7, 11) is 1.81. The molecule has 2 N–H and O–H groups in total. The van der Waals surface area contributed by atoms with Crippen LogP contribution in [0.4, 0.5) is 0 Å². The van der Waals surface area contributed by atoms with Gasteiger partial charge in [-0.15, -0.1) is 0 Å². The van der Waals surface area contributed by atoms with Crippen LogP contribution < -0.4 is 10.6 Å². The lowest BCUT2D eigenvalue weighted by molar-refractivity contribution is -0.122. The Bertz CT molecular complexity index is 863. The Morgan fingerprint density at radius 1 is 1.21 bits per heavy atom. The number of amides is 1. The average Bonchev–Trinajstić information content (AvgIpc) is 3.46. The number of fused-ring (bicyclic) bond motifs is 1. The maximum atomic E-state index is 12.0. The summed E-state index contributed by atoms with van der Waals surface area (Å²) >= 11 is 0. The molecule has 1 aliphatic carbocycles. The Balaban J connectivity index is 1.28. The number of guanidine groups is 1. The Labute approximate surface area is 165 Å². The number of furan rings is 1. The maximum Gasteiger partial charge on any atom is 0.234 e. The summed E-state index contributed by atoms with van der Waals surface area (Å²) in [5, 5.41) is 7.65. The van der Waals surface area contributed by atoms with Gasteiger partial charge in [0.05, 0.1) is 13.1 Å². The quantitative estimate of drug-likeness (QED) is 0.608. The minimum Gasteiger partial charge on any atom is -0.459 e. The molecule has 1 saturated carbocycles. The monoisotopic (exact) mass is 383 g/mol. The summed E-state index contributed by atoms with van der Waals surface area (Å²) in [5.41, 5.74) is 2.09. The Morgan fingerprint density at radius 2 is 1.96 bits per heavy atom. The molecule has 1 aromatic heterocycles. The van der Waals surface area contributed by atoms with Crippen LogP contribution in [0.25, 0.3) is 11.0 Å². The third-order valence-corrected chi connectivity index (χ3v) is 5.54. The average molecular weight is 383 g/mol. The Morgan fingerprint density at radius 3 is 2.64 bits per heavy atom. The highest BCUT2D eigenvalue weighted by Crippen LogP contribution is 2.24. The van der Waals surface area contributed by atoms with Crippen molar-refractivity contribution in [1.82, 2.24) is 20.4 Å². The van der Waals surface area contributed by atoms with Crippen molar-refractivity contribution in [2.75, 3.05) is 39.8 Å². The fraction of sp³-hybridized carbons (Fsp3) is 0.524. The van der Waals surface area contributed by atoms with Crippen molar-refractivity contribution in [3.63, 3.8) is 0 Å². The summed E-state index contributed by atoms with van der Waals surface area (Å²) in [6.45, 7) is 6.64. The van der Waals surface area contributed by atoms with E-state index < -0.39 is 0 Å². The SMILES string of the molecule is CN=C(NCc1oc2ccccc2c1C)N1CCN(CC(=O)NC2CC2)CC1. The standard InChI is InChI=1S/C21H29N5O2/c1-15-17-5-3-4-6-18(17)28-19(15)13-23-21(22-2)26-11-9-25(10-12-26)14-20(27)24-16-7-8-16/h3-6,16H,7-14H2,1-2H3,(H,22,23)(H,24,27). The van der Waals surface area contributed by atoms with E-state index >= 15 is 0 Å². The number of aryl methyl sites for hydroxylation is 1. The molecule has 2 aromatic rings. The zero-order chi connectivity index (χ0) is 19.5. The van der Waals surface area contributed by atoms with Crippen LogP contribution in [0.1, 0.15) is 24.2 Å². The molecule has 7 heteroatoms. The third-order valence-electron chi connectivity index (χ3n) is 5.54. The van der Waals surface area contributed by atoms with Gasteiger partial charge in [0.2, 0.25) is 5.91 Å². The van der Waals surface area contributed by atoms with Crippen molar-refractivity contribution in [2.45, 2.75) is 32.4 Å². The van der Waals surface area contributed by atoms with E-state index in [9.17, 15) is 4.79 Å². The van der Waals surface area contributed by atoms with Gasteiger partial charge in [-0.2, -0.15) is 0 Å². The van der Waals surface area contributed by atoms with Crippen LogP contribution in [0.5, 0.6) is 0 Å². The summed E-state index contributed by atoms with van der Waals surface area (Å²) in [4.78, 5) is 20.9. The van der Waals surface area contributed by atoms with Crippen LogP contribution in [0.2, 0.25) is 0 Å². The van der Waals surface area contributed by atoms with Crippen molar-refractivity contribution >= 4 is 22.8 Å². The van der Waals surface area contributed by atoms with Crippen molar-refractivity contribution in [2.24, 2.45) is 4.99 Å². The van der Waals surface area contributed by atoms with Gasteiger partial charge in [-0.3, -0.25) is 14.7 Å². The number of nitrogens with one attached hydrogen (secondary N) is 2. The number of hydrogen-bond acceptors (Lipinski definition) is 4. The molecule has 0 atom stereocenters. The van der Waals surface area contributed by atoms with E-state index in [0.29, 0.717) is 19.1 Å². The number of para-hydroxylation sites is 1. The number of benzene rings is 1. The number of carbonyl (C=O) groups is 1. The lowest BCUT2D eigenvalue weighted by atomic mass is 10.1. The Hall–Kier alpha value is -2.54. The maximum absolute atomic E-state index is 12.0. The van der Waals surface area contributed by atoms with Crippen LogP contribution in [-0.4, -0.2) is 67.5 Å². The number of rotatable bonds is 5. The van der Waals surface area contributed by atoms with Gasteiger partial charge in [0.25, 0.3) is 0 Å². The summed E-state index contributed by atoms with van der Waals surface area (Å²) in [5.74, 6) is 1.97. The third kappa shape index (κ3) is 4.30. The van der Waals surface area contributed by atoms with Gasteiger partial charge < -0.3 is 20.0 Å². The number of aliphatic imine (C=N–C) groups is 1. The van der Waals surface area contributed by atoms with Crippen molar-refractivity contribution < 1.29 is 9.21 Å². The Kier molecular flexibility index (Phi) is 5.52. The van der Waals surface area contributed by atoms with E-state index in [4.69, 9.17) is 4.42 Å². The molecule has 150 valence electrons. The molecule has 1 aliphatic heterocycles. The predicted molar refractivity (Wildman–Crippen MR) is 110 cm³/mol. The van der Waals surface area contributed by atoms with E-state index in [1.165, 1.54) is 5.56 Å². The topological polar surface area (TPSA) is 73.1 Å². The predicted octanol–water partition coefficient (Wildman–Crippen LogP) is 1.71. The molecule has 4 rings (SSSR count). The zero-order valence-corrected chi connectivity index (χ0v) is 16.7.